The van der Waals surface area contributed by atoms with Crippen molar-refractivity contribution in [3.05, 3.63) is 23.8 Å². The third-order valence-corrected chi connectivity index (χ3v) is 5.27. The van der Waals surface area contributed by atoms with Crippen molar-refractivity contribution in [2.75, 3.05) is 21.3 Å². The van der Waals surface area contributed by atoms with Crippen LogP contribution in [0.2, 0.25) is 0 Å². The van der Waals surface area contributed by atoms with E-state index in [0.717, 1.165) is 0 Å². The van der Waals surface area contributed by atoms with Gasteiger partial charge in [0.05, 0.1) is 20.1 Å². The fraction of sp³-hybridized carbons (Fsp3) is 0.625. The zero-order valence-electron chi connectivity index (χ0n) is 21.4. The van der Waals surface area contributed by atoms with Gasteiger partial charge in [-0.1, -0.05) is 34.6 Å². The summed E-state index contributed by atoms with van der Waals surface area (Å²) in [6.07, 6.45) is -1.44. The van der Waals surface area contributed by atoms with E-state index in [9.17, 15) is 19.5 Å². The monoisotopic (exact) mass is 481 g/mol. The molecule has 1 aromatic rings. The minimum Gasteiger partial charge on any atom is -0.497 e. The second-order valence-corrected chi connectivity index (χ2v) is 9.54. The van der Waals surface area contributed by atoms with E-state index >= 15 is 0 Å². The van der Waals surface area contributed by atoms with Crippen molar-refractivity contribution in [2.24, 2.45) is 17.3 Å². The maximum atomic E-state index is 13.0. The highest BCUT2D eigenvalue weighted by atomic mass is 16.7. The highest BCUT2D eigenvalue weighted by molar-refractivity contribution is 5.92. The first kappa shape index (κ1) is 29.2. The van der Waals surface area contributed by atoms with E-state index in [0.29, 0.717) is 17.1 Å². The molecule has 0 aliphatic carbocycles. The van der Waals surface area contributed by atoms with Crippen LogP contribution in [0.15, 0.2) is 18.2 Å². The molecule has 0 aliphatic rings. The molecule has 0 saturated carbocycles. The van der Waals surface area contributed by atoms with Gasteiger partial charge in [-0.3, -0.25) is 19.2 Å². The predicted molar refractivity (Wildman–Crippen MR) is 127 cm³/mol. The van der Waals surface area contributed by atoms with Crippen LogP contribution in [0.1, 0.15) is 46.6 Å². The number of ether oxygens (including phenoxy) is 2. The molecule has 1 aromatic carbocycles. The average molecular weight is 482 g/mol. The van der Waals surface area contributed by atoms with Gasteiger partial charge in [0.25, 0.3) is 5.91 Å². The van der Waals surface area contributed by atoms with Crippen molar-refractivity contribution in [3.8, 4) is 11.5 Å². The Hall–Kier alpha value is -2.85. The molecular weight excluding hydrogens is 442 g/mol. The number of hydroxylamine groups is 1. The first-order chi connectivity index (χ1) is 15.8. The summed E-state index contributed by atoms with van der Waals surface area (Å²) in [7, 11) is 4.52. The molecule has 4 N–H and O–H groups in total. The number of rotatable bonds is 12. The van der Waals surface area contributed by atoms with Crippen LogP contribution >= 0.6 is 0 Å². The molecule has 1 rings (SSSR count). The number of amides is 3. The lowest BCUT2D eigenvalue weighted by Crippen LogP contribution is -2.56. The van der Waals surface area contributed by atoms with Gasteiger partial charge in [0.15, 0.2) is 0 Å². The zero-order valence-corrected chi connectivity index (χ0v) is 21.4. The number of hydrogen-bond acceptors (Lipinski definition) is 7. The second kappa shape index (κ2) is 13.1. The van der Waals surface area contributed by atoms with Gasteiger partial charge in [-0.2, -0.15) is 0 Å². The molecule has 3 atom stereocenters. The van der Waals surface area contributed by atoms with Crippen LogP contribution < -0.4 is 25.6 Å². The van der Waals surface area contributed by atoms with Crippen molar-refractivity contribution in [1.29, 1.82) is 0 Å². The smallest absolute Gasteiger partial charge is 0.273 e. The first-order valence-electron chi connectivity index (χ1n) is 11.2. The van der Waals surface area contributed by atoms with Gasteiger partial charge < -0.3 is 25.2 Å². The van der Waals surface area contributed by atoms with Crippen LogP contribution in [0.4, 0.5) is 0 Å². The third-order valence-electron chi connectivity index (χ3n) is 5.27. The van der Waals surface area contributed by atoms with Crippen molar-refractivity contribution < 1.29 is 33.8 Å². The summed E-state index contributed by atoms with van der Waals surface area (Å²) in [4.78, 5) is 43.2. The molecule has 34 heavy (non-hydrogen) atoms. The lowest BCUT2D eigenvalue weighted by Gasteiger charge is -2.32. The maximum absolute atomic E-state index is 13.0. The number of carbonyl (C=O) groups is 3. The Morgan fingerprint density at radius 1 is 1.03 bits per heavy atom. The average Bonchev–Trinajstić information content (AvgIpc) is 2.78. The van der Waals surface area contributed by atoms with E-state index in [-0.39, 0.29) is 24.9 Å². The minimum atomic E-state index is -1.68. The summed E-state index contributed by atoms with van der Waals surface area (Å²) < 4.78 is 10.4. The van der Waals surface area contributed by atoms with Crippen molar-refractivity contribution in [1.82, 2.24) is 16.1 Å². The molecule has 10 nitrogen and oxygen atoms in total. The van der Waals surface area contributed by atoms with E-state index in [1.165, 1.54) is 21.3 Å². The molecule has 0 radical (unpaired) electrons. The number of carbonyl (C=O) groups excluding carboxylic acids is 3. The van der Waals surface area contributed by atoms with Crippen LogP contribution in [-0.2, 0) is 25.8 Å². The number of benzene rings is 1. The molecule has 192 valence electrons. The standard InChI is InChI=1S/C24H39N3O7/c1-14(2)11-17(21(29)26-20(23(31)25-6)24(3,4)5)19(28)22(30)27-34-13-15-9-10-16(32-7)12-18(15)33-8/h9-10,12,14,17,19-20,28H,11,13H2,1-8H3,(H,25,31)(H,26,29)(H,27,30)/t17-,19-,20+/m0/s1. The Labute approximate surface area is 201 Å². The van der Waals surface area contributed by atoms with Gasteiger partial charge in [0.2, 0.25) is 11.8 Å². The summed E-state index contributed by atoms with van der Waals surface area (Å²) in [5.41, 5.74) is 2.27. The summed E-state index contributed by atoms with van der Waals surface area (Å²) in [5.74, 6) is -1.76. The molecule has 0 aliphatic heterocycles. The quantitative estimate of drug-likeness (QED) is 0.333. The largest absolute Gasteiger partial charge is 0.497 e. The SMILES string of the molecule is CNC(=O)[C@@H](NC(=O)[C@@H](CC(C)C)[C@H](O)C(=O)NOCc1ccc(OC)cc1OC)C(C)(C)C. The van der Waals surface area contributed by atoms with Crippen LogP contribution in [0.3, 0.4) is 0 Å². The number of likely N-dealkylation sites (N-methyl/N-ethyl adjacent to an activating group) is 1. The Bertz CT molecular complexity index is 836. The van der Waals surface area contributed by atoms with Crippen molar-refractivity contribution >= 4 is 17.7 Å². The summed E-state index contributed by atoms with van der Waals surface area (Å²) >= 11 is 0. The van der Waals surface area contributed by atoms with Gasteiger partial charge >= 0.3 is 0 Å². The molecule has 0 fully saturated rings. The first-order valence-corrected chi connectivity index (χ1v) is 11.2. The Morgan fingerprint density at radius 3 is 2.18 bits per heavy atom. The second-order valence-electron chi connectivity index (χ2n) is 9.54. The van der Waals surface area contributed by atoms with Crippen molar-refractivity contribution in [3.63, 3.8) is 0 Å². The highest BCUT2D eigenvalue weighted by Gasteiger charge is 2.38. The van der Waals surface area contributed by atoms with Crippen molar-refractivity contribution in [2.45, 2.75) is 59.8 Å². The molecule has 0 heterocycles. The van der Waals surface area contributed by atoms with Gasteiger partial charge in [0.1, 0.15) is 30.3 Å². The number of hydrogen-bond donors (Lipinski definition) is 4. The Kier molecular flexibility index (Phi) is 11.3. The van der Waals surface area contributed by atoms with Gasteiger partial charge in [-0.05, 0) is 29.9 Å². The highest BCUT2D eigenvalue weighted by Crippen LogP contribution is 2.25. The molecule has 0 bridgehead atoms. The van der Waals surface area contributed by atoms with Crippen LogP contribution in [0.25, 0.3) is 0 Å². The minimum absolute atomic E-state index is 0.00997. The predicted octanol–water partition coefficient (Wildman–Crippen LogP) is 1.55. The van der Waals surface area contributed by atoms with Gasteiger partial charge in [-0.25, -0.2) is 5.48 Å². The zero-order chi connectivity index (χ0) is 26.1. The number of nitrogens with one attached hydrogen (secondary N) is 3. The lowest BCUT2D eigenvalue weighted by atomic mass is 9.84. The van der Waals surface area contributed by atoms with Gasteiger partial charge in [0, 0.05) is 18.7 Å². The molecule has 0 aromatic heterocycles. The molecular formula is C24H39N3O7. The van der Waals surface area contributed by atoms with E-state index in [1.807, 2.05) is 34.6 Å². The maximum Gasteiger partial charge on any atom is 0.273 e. The summed E-state index contributed by atoms with van der Waals surface area (Å²) in [5, 5.41) is 15.9. The third kappa shape index (κ3) is 8.49. The number of aliphatic hydroxyl groups excluding tert-OH is 1. The molecule has 0 spiro atoms. The summed E-state index contributed by atoms with van der Waals surface area (Å²) in [6, 6.07) is 4.28. The van der Waals surface area contributed by atoms with Gasteiger partial charge in [-0.15, -0.1) is 0 Å². The van der Waals surface area contributed by atoms with E-state index in [2.05, 4.69) is 16.1 Å². The Morgan fingerprint density at radius 2 is 1.68 bits per heavy atom. The van der Waals surface area contributed by atoms with E-state index in [4.69, 9.17) is 14.3 Å². The van der Waals surface area contributed by atoms with Crippen LogP contribution in [0, 0.1) is 17.3 Å². The molecule has 10 heteroatoms. The van der Waals surface area contributed by atoms with E-state index < -0.39 is 35.3 Å². The topological polar surface area (TPSA) is 135 Å². The molecule has 0 unspecified atom stereocenters. The fourth-order valence-corrected chi connectivity index (χ4v) is 3.36. The van der Waals surface area contributed by atoms with Crippen LogP contribution in [0.5, 0.6) is 11.5 Å². The fourth-order valence-electron chi connectivity index (χ4n) is 3.36. The summed E-state index contributed by atoms with van der Waals surface area (Å²) in [6.45, 7) is 9.16. The van der Waals surface area contributed by atoms with E-state index in [1.54, 1.807) is 18.2 Å². The molecule has 3 amide bonds. The molecule has 0 saturated heterocycles. The number of methoxy groups -OCH3 is 2. The van der Waals surface area contributed by atoms with Crippen LogP contribution in [-0.4, -0.2) is 56.2 Å². The Balaban J connectivity index is 2.89. The lowest BCUT2D eigenvalue weighted by molar-refractivity contribution is -0.151. The number of aliphatic hydroxyl groups is 1. The normalized spacial score (nSPS) is 14.1.